The third-order valence-electron chi connectivity index (χ3n) is 6.24. The first kappa shape index (κ1) is 34.0. The molecule has 0 amide bonds. The highest BCUT2D eigenvalue weighted by Crippen LogP contribution is 2.30. The molecule has 0 aromatic carbocycles. The van der Waals surface area contributed by atoms with E-state index in [4.69, 9.17) is 46.3 Å². The van der Waals surface area contributed by atoms with Crippen LogP contribution in [0.15, 0.2) is 0 Å². The van der Waals surface area contributed by atoms with Crippen LogP contribution in [0.5, 0.6) is 0 Å². The van der Waals surface area contributed by atoms with Crippen LogP contribution in [0.25, 0.3) is 0 Å². The van der Waals surface area contributed by atoms with Crippen LogP contribution in [-0.2, 0) is 66.5 Å². The van der Waals surface area contributed by atoms with E-state index >= 15 is 0 Å². The Balaban J connectivity index is 0.000000220. The second-order valence-electron chi connectivity index (χ2n) is 10.9. The lowest BCUT2D eigenvalue weighted by molar-refractivity contribution is -0.150. The SMILES string of the molecule is CC1(C)OC[C@H]([C@H](CCC2OCCO2)OS(C)(=O)=O)O1.CC1(C)OC[C@H]([C@H](CCC2OCCO2)OS(C)(=O)=O)O1. The maximum Gasteiger partial charge on any atom is 0.264 e. The van der Waals surface area contributed by atoms with E-state index in [0.717, 1.165) is 12.5 Å². The van der Waals surface area contributed by atoms with Crippen molar-refractivity contribution >= 4 is 20.2 Å². The van der Waals surface area contributed by atoms with Gasteiger partial charge in [-0.15, -0.1) is 0 Å². The molecule has 0 aliphatic carbocycles. The van der Waals surface area contributed by atoms with Crippen LogP contribution in [0.4, 0.5) is 0 Å². The summed E-state index contributed by atoms with van der Waals surface area (Å²) in [7, 11) is -7.12. The molecule has 0 spiro atoms. The zero-order valence-corrected chi connectivity index (χ0v) is 25.7. The van der Waals surface area contributed by atoms with Crippen molar-refractivity contribution in [2.45, 2.75) is 102 Å². The quantitative estimate of drug-likeness (QED) is 0.287. The molecule has 0 aromatic rings. The molecular weight excluding hydrogens is 576 g/mol. The molecule has 0 saturated carbocycles. The number of rotatable bonds is 12. The molecule has 4 aliphatic rings. The average Bonchev–Trinajstić information content (AvgIpc) is 3.61. The van der Waals surface area contributed by atoms with Crippen LogP contribution in [0.3, 0.4) is 0 Å². The summed E-state index contributed by atoms with van der Waals surface area (Å²) in [5, 5.41) is 0. The van der Waals surface area contributed by atoms with Crippen molar-refractivity contribution in [2.24, 2.45) is 0 Å². The van der Waals surface area contributed by atoms with Crippen LogP contribution in [0.2, 0.25) is 0 Å². The van der Waals surface area contributed by atoms with E-state index in [-0.39, 0.29) is 12.6 Å². The molecule has 4 saturated heterocycles. The molecule has 40 heavy (non-hydrogen) atoms. The molecule has 236 valence electrons. The van der Waals surface area contributed by atoms with E-state index in [1.807, 2.05) is 0 Å². The largest absolute Gasteiger partial charge is 0.350 e. The van der Waals surface area contributed by atoms with Gasteiger partial charge in [0.25, 0.3) is 20.2 Å². The van der Waals surface area contributed by atoms with Crippen LogP contribution in [-0.4, -0.2) is 118 Å². The fraction of sp³-hybridized carbons (Fsp3) is 1.00. The minimum Gasteiger partial charge on any atom is -0.350 e. The first-order chi connectivity index (χ1) is 18.5. The van der Waals surface area contributed by atoms with Gasteiger partial charge in [-0.3, -0.25) is 8.37 Å². The van der Waals surface area contributed by atoms with Crippen molar-refractivity contribution in [2.75, 3.05) is 52.2 Å². The van der Waals surface area contributed by atoms with Gasteiger partial charge in [0.05, 0.1) is 52.2 Å². The summed E-state index contributed by atoms with van der Waals surface area (Å²) in [6.07, 6.45) is 1.48. The topological polar surface area (TPSA) is 161 Å². The van der Waals surface area contributed by atoms with Gasteiger partial charge in [0.1, 0.15) is 24.4 Å². The van der Waals surface area contributed by atoms with Gasteiger partial charge in [0, 0.05) is 12.8 Å². The first-order valence-corrected chi connectivity index (χ1v) is 17.0. The molecule has 0 bridgehead atoms. The van der Waals surface area contributed by atoms with Crippen molar-refractivity contribution in [1.82, 2.24) is 0 Å². The zero-order chi connectivity index (χ0) is 29.6. The van der Waals surface area contributed by atoms with E-state index in [1.165, 1.54) is 0 Å². The molecule has 0 aromatic heterocycles. The molecule has 4 fully saturated rings. The predicted molar refractivity (Wildman–Crippen MR) is 139 cm³/mol. The highest BCUT2D eigenvalue weighted by Gasteiger charge is 2.41. The van der Waals surface area contributed by atoms with Gasteiger partial charge < -0.3 is 37.9 Å². The molecule has 4 aliphatic heterocycles. The number of ether oxygens (including phenoxy) is 8. The summed E-state index contributed by atoms with van der Waals surface area (Å²) >= 11 is 0. The Morgan fingerprint density at radius 1 is 0.650 bits per heavy atom. The highest BCUT2D eigenvalue weighted by molar-refractivity contribution is 7.86. The fourth-order valence-electron chi connectivity index (χ4n) is 4.59. The lowest BCUT2D eigenvalue weighted by Crippen LogP contribution is -2.35. The third-order valence-corrected chi connectivity index (χ3v) is 7.44. The molecular formula is C24H44O14S2. The van der Waals surface area contributed by atoms with Crippen molar-refractivity contribution in [3.05, 3.63) is 0 Å². The normalized spacial score (nSPS) is 28.9. The van der Waals surface area contributed by atoms with Crippen LogP contribution < -0.4 is 0 Å². The van der Waals surface area contributed by atoms with E-state index in [0.29, 0.717) is 65.3 Å². The summed E-state index contributed by atoms with van der Waals surface area (Å²) < 4.78 is 99.4. The Morgan fingerprint density at radius 3 is 1.23 bits per heavy atom. The summed E-state index contributed by atoms with van der Waals surface area (Å²) in [4.78, 5) is 0. The molecule has 4 atom stereocenters. The lowest BCUT2D eigenvalue weighted by Gasteiger charge is -2.24. The Labute approximate surface area is 237 Å². The number of hydrogen-bond acceptors (Lipinski definition) is 14. The summed E-state index contributed by atoms with van der Waals surface area (Å²) in [5.41, 5.74) is 0. The maximum atomic E-state index is 11.4. The Kier molecular flexibility index (Phi) is 12.2. The monoisotopic (exact) mass is 620 g/mol. The van der Waals surface area contributed by atoms with E-state index in [2.05, 4.69) is 0 Å². The summed E-state index contributed by atoms with van der Waals surface area (Å²) in [6.45, 7) is 10.0. The summed E-state index contributed by atoms with van der Waals surface area (Å²) in [6, 6.07) is 0. The molecule has 14 nitrogen and oxygen atoms in total. The van der Waals surface area contributed by atoms with E-state index < -0.39 is 56.2 Å². The smallest absolute Gasteiger partial charge is 0.264 e. The molecule has 0 N–H and O–H groups in total. The summed E-state index contributed by atoms with van der Waals surface area (Å²) in [5.74, 6) is -1.44. The van der Waals surface area contributed by atoms with Gasteiger partial charge in [-0.05, 0) is 40.5 Å². The van der Waals surface area contributed by atoms with Gasteiger partial charge in [-0.25, -0.2) is 0 Å². The van der Waals surface area contributed by atoms with Gasteiger partial charge in [0.15, 0.2) is 24.2 Å². The molecule has 4 rings (SSSR count). The minimum absolute atomic E-state index is 0.295. The Morgan fingerprint density at radius 2 is 0.975 bits per heavy atom. The third kappa shape index (κ3) is 12.4. The van der Waals surface area contributed by atoms with E-state index in [9.17, 15) is 16.8 Å². The fourth-order valence-corrected chi connectivity index (χ4v) is 5.93. The van der Waals surface area contributed by atoms with Gasteiger partial charge in [0.2, 0.25) is 0 Å². The zero-order valence-electron chi connectivity index (χ0n) is 24.1. The molecule has 0 unspecified atom stereocenters. The van der Waals surface area contributed by atoms with Crippen LogP contribution >= 0.6 is 0 Å². The number of hydrogen-bond donors (Lipinski definition) is 0. The van der Waals surface area contributed by atoms with Crippen LogP contribution in [0, 0.1) is 0 Å². The van der Waals surface area contributed by atoms with Gasteiger partial charge in [-0.2, -0.15) is 16.8 Å². The predicted octanol–water partition coefficient (Wildman–Crippen LogP) is 1.27. The molecule has 0 radical (unpaired) electrons. The molecule has 4 heterocycles. The Bertz CT molecular complexity index is 907. The van der Waals surface area contributed by atoms with Crippen molar-refractivity contribution in [3.8, 4) is 0 Å². The Hall–Kier alpha value is -0.500. The maximum absolute atomic E-state index is 11.4. The minimum atomic E-state index is -3.56. The second kappa shape index (κ2) is 14.3. The first-order valence-electron chi connectivity index (χ1n) is 13.4. The van der Waals surface area contributed by atoms with Gasteiger partial charge in [-0.1, -0.05) is 0 Å². The second-order valence-corrected chi connectivity index (χ2v) is 14.1. The standard InChI is InChI=1S/2C12H22O7S/c2*1-12(2)17-8-10(18-12)9(19-20(3,13)14)4-5-11-15-6-7-16-11/h2*9-11H,4-8H2,1-3H3/t2*9-,10+/m00/s1. The van der Waals surface area contributed by atoms with Gasteiger partial charge >= 0.3 is 0 Å². The van der Waals surface area contributed by atoms with Crippen molar-refractivity contribution in [1.29, 1.82) is 0 Å². The van der Waals surface area contributed by atoms with Crippen molar-refractivity contribution < 1.29 is 63.1 Å². The highest BCUT2D eigenvalue weighted by atomic mass is 32.2. The lowest BCUT2D eigenvalue weighted by atomic mass is 10.1. The van der Waals surface area contributed by atoms with Crippen LogP contribution in [0.1, 0.15) is 53.4 Å². The average molecular weight is 621 g/mol. The van der Waals surface area contributed by atoms with E-state index in [1.54, 1.807) is 27.7 Å². The van der Waals surface area contributed by atoms with Crippen molar-refractivity contribution in [3.63, 3.8) is 0 Å². The molecule has 16 heteroatoms.